The summed E-state index contributed by atoms with van der Waals surface area (Å²) in [4.78, 5) is 23.0. The lowest BCUT2D eigenvalue weighted by Crippen LogP contribution is -2.48. The number of carbonyl (C=O) groups excluding carboxylic acids is 1. The second kappa shape index (κ2) is 6.21. The second-order valence-electron chi connectivity index (χ2n) is 7.29. The number of alkyl halides is 3. The van der Waals surface area contributed by atoms with Crippen LogP contribution in [0.1, 0.15) is 46.4 Å². The molecule has 27 heavy (non-hydrogen) atoms. The lowest BCUT2D eigenvalue weighted by Gasteiger charge is -2.40. The van der Waals surface area contributed by atoms with Gasteiger partial charge in [-0.05, 0) is 49.4 Å². The zero-order valence-corrected chi connectivity index (χ0v) is 14.6. The van der Waals surface area contributed by atoms with Crippen molar-refractivity contribution in [2.24, 2.45) is 0 Å². The molecule has 1 unspecified atom stereocenters. The third-order valence-electron chi connectivity index (χ3n) is 5.56. The third kappa shape index (κ3) is 3.13. The maximum absolute atomic E-state index is 13.0. The molecule has 0 bridgehead atoms. The number of fused-ring (bicyclic) bond motifs is 2. The molecule has 0 saturated carbocycles. The summed E-state index contributed by atoms with van der Waals surface area (Å²) in [5.74, 6) is -0.174. The van der Waals surface area contributed by atoms with Gasteiger partial charge in [-0.1, -0.05) is 6.07 Å². The van der Waals surface area contributed by atoms with Crippen molar-refractivity contribution in [3.63, 3.8) is 0 Å². The van der Waals surface area contributed by atoms with Gasteiger partial charge in [0, 0.05) is 30.3 Å². The molecule has 1 fully saturated rings. The fourth-order valence-corrected chi connectivity index (χ4v) is 4.27. The van der Waals surface area contributed by atoms with Gasteiger partial charge in [-0.3, -0.25) is 4.79 Å². The lowest BCUT2D eigenvalue weighted by atomic mass is 9.77. The van der Waals surface area contributed by atoms with Crippen molar-refractivity contribution >= 4 is 11.9 Å². The van der Waals surface area contributed by atoms with Crippen LogP contribution in [0.3, 0.4) is 0 Å². The van der Waals surface area contributed by atoms with Gasteiger partial charge in [-0.15, -0.1) is 0 Å². The molecule has 8 heteroatoms. The fourth-order valence-electron chi connectivity index (χ4n) is 4.27. The van der Waals surface area contributed by atoms with Crippen LogP contribution in [0.15, 0.2) is 30.5 Å². The molecule has 5 nitrogen and oxygen atoms in total. The van der Waals surface area contributed by atoms with Gasteiger partial charge in [-0.25, -0.2) is 9.97 Å². The molecule has 1 atom stereocenters. The van der Waals surface area contributed by atoms with Crippen molar-refractivity contribution in [1.82, 2.24) is 14.9 Å². The number of nitrogens with two attached hydrogens (primary N) is 1. The van der Waals surface area contributed by atoms with Gasteiger partial charge in [0.05, 0.1) is 11.3 Å². The van der Waals surface area contributed by atoms with E-state index in [1.54, 1.807) is 11.1 Å². The van der Waals surface area contributed by atoms with Crippen LogP contribution in [-0.2, 0) is 18.0 Å². The standard InChI is InChI=1S/C19H19F3N4O/c20-19(21,22)14-4-1-3-12(9-14)16(27)26-8-2-6-18(11-26)7-5-13-10-24-17(23)25-15(13)18/h1,3-4,9-10H,2,5-8,11H2,(H2,23,24,25). The smallest absolute Gasteiger partial charge is 0.368 e. The number of aryl methyl sites for hydroxylation is 1. The highest BCUT2D eigenvalue weighted by atomic mass is 19.4. The van der Waals surface area contributed by atoms with Crippen molar-refractivity contribution < 1.29 is 18.0 Å². The number of nitrogens with zero attached hydrogens (tertiary/aromatic N) is 3. The lowest BCUT2D eigenvalue weighted by molar-refractivity contribution is -0.137. The molecule has 142 valence electrons. The second-order valence-corrected chi connectivity index (χ2v) is 7.29. The van der Waals surface area contributed by atoms with E-state index in [1.165, 1.54) is 12.1 Å². The number of carbonyl (C=O) groups is 1. The maximum atomic E-state index is 13.0. The van der Waals surface area contributed by atoms with Crippen molar-refractivity contribution in [3.8, 4) is 0 Å². The first kappa shape index (κ1) is 17.8. The summed E-state index contributed by atoms with van der Waals surface area (Å²) >= 11 is 0. The SMILES string of the molecule is Nc1ncc2c(n1)C1(CCCN(C(=O)c3cccc(C(F)(F)F)c3)C1)CC2. The van der Waals surface area contributed by atoms with Gasteiger partial charge in [0.25, 0.3) is 5.91 Å². The maximum Gasteiger partial charge on any atom is 0.416 e. The monoisotopic (exact) mass is 376 g/mol. The van der Waals surface area contributed by atoms with Gasteiger partial charge in [0.1, 0.15) is 0 Å². The number of amides is 1. The Hall–Kier alpha value is -2.64. The Morgan fingerprint density at radius 2 is 2.07 bits per heavy atom. The molecule has 1 spiro atoms. The van der Waals surface area contributed by atoms with E-state index in [-0.39, 0.29) is 22.8 Å². The molecule has 4 rings (SSSR count). The molecule has 1 aliphatic heterocycles. The third-order valence-corrected chi connectivity index (χ3v) is 5.56. The molecular weight excluding hydrogens is 357 g/mol. The number of halogens is 3. The highest BCUT2D eigenvalue weighted by Gasteiger charge is 2.45. The summed E-state index contributed by atoms with van der Waals surface area (Å²) < 4.78 is 38.9. The zero-order chi connectivity index (χ0) is 19.2. The minimum atomic E-state index is -4.47. The van der Waals surface area contributed by atoms with E-state index < -0.39 is 11.7 Å². The summed E-state index contributed by atoms with van der Waals surface area (Å²) in [5.41, 5.74) is 6.63. The molecule has 2 aromatic rings. The first-order chi connectivity index (χ1) is 12.8. The van der Waals surface area contributed by atoms with Gasteiger partial charge in [0.15, 0.2) is 0 Å². The average Bonchev–Trinajstić information content (AvgIpc) is 2.98. The molecule has 2 heterocycles. The van der Waals surface area contributed by atoms with Gasteiger partial charge >= 0.3 is 6.18 Å². The Labute approximate surface area is 154 Å². The number of piperidine rings is 1. The van der Waals surface area contributed by atoms with Crippen LogP contribution in [0.5, 0.6) is 0 Å². The number of nitrogen functional groups attached to an aromatic ring is 1. The van der Waals surface area contributed by atoms with E-state index in [9.17, 15) is 18.0 Å². The number of aromatic nitrogens is 2. The van der Waals surface area contributed by atoms with Crippen LogP contribution in [0.2, 0.25) is 0 Å². The molecule has 1 aromatic heterocycles. The van der Waals surface area contributed by atoms with E-state index in [4.69, 9.17) is 5.73 Å². The van der Waals surface area contributed by atoms with Crippen LogP contribution in [0.4, 0.5) is 19.1 Å². The first-order valence-electron chi connectivity index (χ1n) is 8.87. The summed E-state index contributed by atoms with van der Waals surface area (Å²) in [6, 6.07) is 4.60. The topological polar surface area (TPSA) is 72.1 Å². The number of rotatable bonds is 1. The normalized spacial score (nSPS) is 22.1. The van der Waals surface area contributed by atoms with Crippen LogP contribution < -0.4 is 5.73 Å². The van der Waals surface area contributed by atoms with Crippen molar-refractivity contribution in [1.29, 1.82) is 0 Å². The Morgan fingerprint density at radius 1 is 1.26 bits per heavy atom. The molecule has 1 aliphatic carbocycles. The fraction of sp³-hybridized carbons (Fsp3) is 0.421. The Morgan fingerprint density at radius 3 is 2.85 bits per heavy atom. The Bertz CT molecular complexity index is 895. The van der Waals surface area contributed by atoms with Crippen molar-refractivity contribution in [2.45, 2.75) is 37.3 Å². The first-order valence-corrected chi connectivity index (χ1v) is 8.87. The molecule has 1 amide bonds. The van der Waals surface area contributed by atoms with E-state index >= 15 is 0 Å². The molecule has 0 radical (unpaired) electrons. The predicted octanol–water partition coefficient (Wildman–Crippen LogP) is 3.20. The molecule has 1 aromatic carbocycles. The Balaban J connectivity index is 1.62. The highest BCUT2D eigenvalue weighted by Crippen LogP contribution is 2.44. The number of benzene rings is 1. The molecule has 2 aliphatic rings. The highest BCUT2D eigenvalue weighted by molar-refractivity contribution is 5.94. The van der Waals surface area contributed by atoms with E-state index in [2.05, 4.69) is 9.97 Å². The zero-order valence-electron chi connectivity index (χ0n) is 14.6. The van der Waals surface area contributed by atoms with Crippen LogP contribution >= 0.6 is 0 Å². The molecule has 2 N–H and O–H groups in total. The Kier molecular flexibility index (Phi) is 4.09. The molecular formula is C19H19F3N4O. The van der Waals surface area contributed by atoms with E-state index in [0.29, 0.717) is 13.1 Å². The number of anilines is 1. The summed E-state index contributed by atoms with van der Waals surface area (Å²) in [6.07, 6.45) is 0.573. The minimum Gasteiger partial charge on any atom is -0.368 e. The van der Waals surface area contributed by atoms with E-state index in [0.717, 1.165) is 49.1 Å². The van der Waals surface area contributed by atoms with Gasteiger partial charge in [-0.2, -0.15) is 13.2 Å². The number of hydrogen-bond acceptors (Lipinski definition) is 4. The van der Waals surface area contributed by atoms with Crippen LogP contribution in [-0.4, -0.2) is 33.9 Å². The summed E-state index contributed by atoms with van der Waals surface area (Å²) in [6.45, 7) is 0.957. The summed E-state index contributed by atoms with van der Waals surface area (Å²) in [5, 5.41) is 0. The van der Waals surface area contributed by atoms with E-state index in [1.807, 2.05) is 0 Å². The minimum absolute atomic E-state index is 0.0577. The summed E-state index contributed by atoms with van der Waals surface area (Å²) in [7, 11) is 0. The van der Waals surface area contributed by atoms with Gasteiger partial charge in [0.2, 0.25) is 5.95 Å². The quantitative estimate of drug-likeness (QED) is 0.830. The van der Waals surface area contributed by atoms with Crippen LogP contribution in [0, 0.1) is 0 Å². The average molecular weight is 376 g/mol. The van der Waals surface area contributed by atoms with Gasteiger partial charge < -0.3 is 10.6 Å². The van der Waals surface area contributed by atoms with Crippen molar-refractivity contribution in [2.75, 3.05) is 18.8 Å². The number of hydrogen-bond donors (Lipinski definition) is 1. The van der Waals surface area contributed by atoms with Crippen molar-refractivity contribution in [3.05, 3.63) is 52.8 Å². The largest absolute Gasteiger partial charge is 0.416 e. The predicted molar refractivity (Wildman–Crippen MR) is 93.0 cm³/mol. The van der Waals surface area contributed by atoms with Crippen LogP contribution in [0.25, 0.3) is 0 Å². The molecule has 1 saturated heterocycles. The number of likely N-dealkylation sites (tertiary alicyclic amines) is 1.